The van der Waals surface area contributed by atoms with Crippen molar-refractivity contribution in [2.45, 2.75) is 38.2 Å². The first-order chi connectivity index (χ1) is 17.0. The number of aldehydes is 1. The number of aromatic nitrogens is 1. The van der Waals surface area contributed by atoms with Gasteiger partial charge in [-0.25, -0.2) is 4.79 Å². The molecule has 1 amide bonds. The second-order valence-corrected chi connectivity index (χ2v) is 8.98. The molecule has 0 radical (unpaired) electrons. The minimum atomic E-state index is -0.575. The van der Waals surface area contributed by atoms with Crippen molar-refractivity contribution in [2.24, 2.45) is 0 Å². The van der Waals surface area contributed by atoms with E-state index in [0.717, 1.165) is 46.9 Å². The average Bonchev–Trinajstić information content (AvgIpc) is 3.62. The maximum absolute atomic E-state index is 12.6. The van der Waals surface area contributed by atoms with E-state index < -0.39 is 12.2 Å². The number of ether oxygens (including phenoxy) is 1. The molecule has 5 rings (SSSR count). The number of rotatable bonds is 7. The number of nitrogens with one attached hydrogen (secondary N) is 1. The quantitative estimate of drug-likeness (QED) is 0.301. The smallest absolute Gasteiger partial charge is 0.412 e. The van der Waals surface area contributed by atoms with Crippen molar-refractivity contribution in [1.29, 1.82) is 0 Å². The zero-order valence-corrected chi connectivity index (χ0v) is 19.7. The van der Waals surface area contributed by atoms with E-state index in [1.165, 1.54) is 0 Å². The van der Waals surface area contributed by atoms with E-state index in [0.29, 0.717) is 17.1 Å². The van der Waals surface area contributed by atoms with Crippen LogP contribution < -0.4 is 5.32 Å². The van der Waals surface area contributed by atoms with E-state index in [2.05, 4.69) is 10.5 Å². The molecule has 6 heteroatoms. The van der Waals surface area contributed by atoms with E-state index in [-0.39, 0.29) is 5.41 Å². The number of aryl methyl sites for hydroxylation is 1. The first-order valence-electron chi connectivity index (χ1n) is 11.7. The van der Waals surface area contributed by atoms with Crippen LogP contribution in [0.1, 0.15) is 42.7 Å². The number of amides is 1. The Kier molecular flexibility index (Phi) is 5.95. The van der Waals surface area contributed by atoms with Gasteiger partial charge in [-0.3, -0.25) is 5.32 Å². The molecule has 3 aromatic carbocycles. The molecule has 0 bridgehead atoms. The topological polar surface area (TPSA) is 81.4 Å². The molecule has 1 aliphatic rings. The molecule has 0 saturated heterocycles. The fourth-order valence-electron chi connectivity index (χ4n) is 4.22. The Bertz CT molecular complexity index is 1340. The standard InChI is InChI=1S/C29H26N2O4/c1-19-26(30-28(33)34-20(2)21-6-4-3-5-7-21)27(35-31-19)24-10-8-22(9-11-24)23-12-14-25(15-13-23)29(18-32)16-17-29/h3-15,18,20H,16-17H2,1-2H3,(H,30,33)/t20-/m1/s1. The van der Waals surface area contributed by atoms with Gasteiger partial charge in [0.05, 0.1) is 5.41 Å². The summed E-state index contributed by atoms with van der Waals surface area (Å²) in [6, 6.07) is 25.6. The minimum Gasteiger partial charge on any atom is -0.441 e. The molecule has 1 atom stereocenters. The van der Waals surface area contributed by atoms with Crippen LogP contribution >= 0.6 is 0 Å². The van der Waals surface area contributed by atoms with Gasteiger partial charge in [-0.05, 0) is 48.9 Å². The van der Waals surface area contributed by atoms with Gasteiger partial charge in [-0.1, -0.05) is 84.0 Å². The Morgan fingerprint density at radius 3 is 2.17 bits per heavy atom. The normalized spacial score (nSPS) is 14.7. The lowest BCUT2D eigenvalue weighted by Crippen LogP contribution is -2.16. The molecule has 1 saturated carbocycles. The van der Waals surface area contributed by atoms with Crippen LogP contribution in [0, 0.1) is 6.92 Å². The molecule has 1 aromatic heterocycles. The van der Waals surface area contributed by atoms with Crippen LogP contribution in [-0.2, 0) is 14.9 Å². The van der Waals surface area contributed by atoms with Gasteiger partial charge in [0, 0.05) is 5.56 Å². The van der Waals surface area contributed by atoms with Gasteiger partial charge in [-0.2, -0.15) is 0 Å². The number of carbonyl (C=O) groups is 2. The third kappa shape index (κ3) is 4.60. The van der Waals surface area contributed by atoms with Gasteiger partial charge in [0.15, 0.2) is 5.76 Å². The van der Waals surface area contributed by atoms with E-state index in [1.54, 1.807) is 6.92 Å². The second kappa shape index (κ2) is 9.22. The maximum Gasteiger partial charge on any atom is 0.412 e. The summed E-state index contributed by atoms with van der Waals surface area (Å²) < 4.78 is 11.1. The van der Waals surface area contributed by atoms with Gasteiger partial charge >= 0.3 is 6.09 Å². The fourth-order valence-corrected chi connectivity index (χ4v) is 4.22. The largest absolute Gasteiger partial charge is 0.441 e. The van der Waals surface area contributed by atoms with E-state index in [9.17, 15) is 9.59 Å². The number of hydrogen-bond acceptors (Lipinski definition) is 5. The van der Waals surface area contributed by atoms with Gasteiger partial charge < -0.3 is 14.1 Å². The second-order valence-electron chi connectivity index (χ2n) is 8.98. The van der Waals surface area contributed by atoms with E-state index in [1.807, 2.05) is 85.8 Å². The van der Waals surface area contributed by atoms with Gasteiger partial charge in [-0.15, -0.1) is 0 Å². The summed E-state index contributed by atoms with van der Waals surface area (Å²) in [7, 11) is 0. The number of carbonyl (C=O) groups excluding carboxylic acids is 2. The third-order valence-corrected chi connectivity index (χ3v) is 6.60. The van der Waals surface area contributed by atoms with Crippen molar-refractivity contribution in [3.05, 3.63) is 95.7 Å². The minimum absolute atomic E-state index is 0.268. The highest BCUT2D eigenvalue weighted by Crippen LogP contribution is 2.46. The molecular weight excluding hydrogens is 440 g/mol. The molecule has 1 fully saturated rings. The zero-order chi connectivity index (χ0) is 24.4. The predicted octanol–water partition coefficient (Wildman–Crippen LogP) is 6.86. The highest BCUT2D eigenvalue weighted by atomic mass is 16.6. The average molecular weight is 467 g/mol. The molecule has 176 valence electrons. The summed E-state index contributed by atoms with van der Waals surface area (Å²) >= 11 is 0. The molecule has 0 aliphatic heterocycles. The maximum atomic E-state index is 12.6. The summed E-state index contributed by atoms with van der Waals surface area (Å²) in [5.74, 6) is 0.468. The lowest BCUT2D eigenvalue weighted by Gasteiger charge is -2.14. The summed E-state index contributed by atoms with van der Waals surface area (Å²) in [4.78, 5) is 24.0. The molecular formula is C29H26N2O4. The Hall–Kier alpha value is -4.19. The van der Waals surface area contributed by atoms with Crippen LogP contribution in [0.4, 0.5) is 10.5 Å². The summed E-state index contributed by atoms with van der Waals surface area (Å²) in [5.41, 5.74) is 5.65. The van der Waals surface area contributed by atoms with E-state index in [4.69, 9.17) is 9.26 Å². The van der Waals surface area contributed by atoms with Crippen molar-refractivity contribution in [1.82, 2.24) is 5.16 Å². The van der Waals surface area contributed by atoms with Crippen LogP contribution in [-0.4, -0.2) is 17.5 Å². The van der Waals surface area contributed by atoms with Crippen LogP contribution in [0.2, 0.25) is 0 Å². The van der Waals surface area contributed by atoms with Gasteiger partial charge in [0.1, 0.15) is 23.8 Å². The molecule has 1 heterocycles. The highest BCUT2D eigenvalue weighted by Gasteiger charge is 2.44. The van der Waals surface area contributed by atoms with Crippen molar-refractivity contribution in [2.75, 3.05) is 5.32 Å². The van der Waals surface area contributed by atoms with Gasteiger partial charge in [0.2, 0.25) is 0 Å². The lowest BCUT2D eigenvalue weighted by atomic mass is 9.94. The van der Waals surface area contributed by atoms with Crippen molar-refractivity contribution >= 4 is 18.1 Å². The first-order valence-corrected chi connectivity index (χ1v) is 11.7. The van der Waals surface area contributed by atoms with Crippen molar-refractivity contribution < 1.29 is 18.8 Å². The first kappa shape index (κ1) is 22.6. The van der Waals surface area contributed by atoms with Crippen molar-refractivity contribution in [3.63, 3.8) is 0 Å². The van der Waals surface area contributed by atoms with Crippen LogP contribution in [0.15, 0.2) is 83.4 Å². The monoisotopic (exact) mass is 466 g/mol. The molecule has 6 nitrogen and oxygen atoms in total. The van der Waals surface area contributed by atoms with Gasteiger partial charge in [0.25, 0.3) is 0 Å². The Morgan fingerprint density at radius 1 is 0.971 bits per heavy atom. The number of anilines is 1. The summed E-state index contributed by atoms with van der Waals surface area (Å²) in [6.07, 6.45) is 1.95. The molecule has 0 spiro atoms. The Balaban J connectivity index is 1.30. The fraction of sp³-hybridized carbons (Fsp3) is 0.207. The van der Waals surface area contributed by atoms with Crippen LogP contribution in [0.25, 0.3) is 22.5 Å². The number of benzene rings is 3. The molecule has 1 N–H and O–H groups in total. The predicted molar refractivity (Wildman–Crippen MR) is 134 cm³/mol. The van der Waals surface area contributed by atoms with Crippen LogP contribution in [0.3, 0.4) is 0 Å². The number of hydrogen-bond donors (Lipinski definition) is 1. The SMILES string of the molecule is Cc1noc(-c2ccc(-c3ccc(C4(C=O)CC4)cc3)cc2)c1NC(=O)O[C@H](C)c1ccccc1. The summed E-state index contributed by atoms with van der Waals surface area (Å²) in [6.45, 7) is 3.59. The zero-order valence-electron chi connectivity index (χ0n) is 19.7. The van der Waals surface area contributed by atoms with Crippen LogP contribution in [0.5, 0.6) is 0 Å². The Labute approximate surface area is 203 Å². The molecule has 4 aromatic rings. The summed E-state index contributed by atoms with van der Waals surface area (Å²) in [5, 5.41) is 6.83. The number of nitrogens with zero attached hydrogens (tertiary/aromatic N) is 1. The molecule has 35 heavy (non-hydrogen) atoms. The third-order valence-electron chi connectivity index (χ3n) is 6.60. The Morgan fingerprint density at radius 2 is 1.57 bits per heavy atom. The van der Waals surface area contributed by atoms with Crippen molar-refractivity contribution in [3.8, 4) is 22.5 Å². The lowest BCUT2D eigenvalue weighted by molar-refractivity contribution is -0.109. The molecule has 1 aliphatic carbocycles. The molecule has 0 unspecified atom stereocenters. The highest BCUT2D eigenvalue weighted by molar-refractivity contribution is 5.91. The van der Waals surface area contributed by atoms with E-state index >= 15 is 0 Å².